The van der Waals surface area contributed by atoms with Crippen molar-refractivity contribution in [1.82, 2.24) is 4.90 Å². The predicted octanol–water partition coefficient (Wildman–Crippen LogP) is 13.9. The largest absolute Gasteiger partial charge is 0.498 e. The number of hydrogen-bond donors (Lipinski definition) is 2. The summed E-state index contributed by atoms with van der Waals surface area (Å²) in [5, 5.41) is 18.2. The minimum Gasteiger partial charge on any atom is -0.498 e. The molecule has 0 atom stereocenters. The summed E-state index contributed by atoms with van der Waals surface area (Å²) in [7, 11) is 1.89. The van der Waals surface area contributed by atoms with Crippen molar-refractivity contribution in [2.24, 2.45) is 0 Å². The van der Waals surface area contributed by atoms with Crippen molar-refractivity contribution in [3.8, 4) is 0 Å². The van der Waals surface area contributed by atoms with Crippen LogP contribution in [-0.2, 0) is 9.47 Å². The second-order valence-corrected chi connectivity index (χ2v) is 16.0. The second kappa shape index (κ2) is 43.1. The number of aliphatic hydroxyl groups excluding tert-OH is 2. The lowest BCUT2D eigenvalue weighted by atomic mass is 10.0. The summed E-state index contributed by atoms with van der Waals surface area (Å²) in [6.07, 6.45) is 45.1. The SMILES string of the molecule is CCCCCCCCC(CCCCCCCC)OC.CCCCCCCCCCCOC(CCCCCN(CCO)CCCCCCCO)=C1CC1. The van der Waals surface area contributed by atoms with Gasteiger partial charge in [0, 0.05) is 26.7 Å². The molecule has 0 bridgehead atoms. The number of allylic oxidation sites excluding steroid dienone is 2. The van der Waals surface area contributed by atoms with Gasteiger partial charge >= 0.3 is 0 Å². The molecular formula is C47H95NO4. The summed E-state index contributed by atoms with van der Waals surface area (Å²) in [6.45, 7) is 11.3. The highest BCUT2D eigenvalue weighted by atomic mass is 16.5. The molecule has 52 heavy (non-hydrogen) atoms. The third-order valence-corrected chi connectivity index (χ3v) is 10.9. The van der Waals surface area contributed by atoms with Crippen LogP contribution in [0.4, 0.5) is 0 Å². The molecule has 0 unspecified atom stereocenters. The highest BCUT2D eigenvalue weighted by Gasteiger charge is 2.18. The Morgan fingerprint density at radius 2 is 0.923 bits per heavy atom. The maximum atomic E-state index is 9.35. The molecule has 1 aliphatic carbocycles. The molecule has 1 aliphatic rings. The molecule has 0 aromatic heterocycles. The van der Waals surface area contributed by atoms with Gasteiger partial charge in [-0.15, -0.1) is 0 Å². The van der Waals surface area contributed by atoms with E-state index in [1.165, 1.54) is 205 Å². The van der Waals surface area contributed by atoms with Crippen LogP contribution in [0.1, 0.15) is 239 Å². The van der Waals surface area contributed by atoms with Gasteiger partial charge in [-0.1, -0.05) is 175 Å². The molecule has 0 radical (unpaired) electrons. The van der Waals surface area contributed by atoms with Gasteiger partial charge in [-0.2, -0.15) is 0 Å². The fraction of sp³-hybridized carbons (Fsp3) is 0.957. The lowest BCUT2D eigenvalue weighted by Crippen LogP contribution is -2.29. The van der Waals surface area contributed by atoms with Crippen LogP contribution < -0.4 is 0 Å². The standard InChI is InChI=1S/C29H57NO3.C18H38O/c1-2-3-4-5-6-7-8-12-18-27-33-29(28-20-21-28)19-14-13-16-23-30(24-26-32)22-15-10-9-11-17-25-31;1-4-6-8-10-12-14-16-18(19-3)17-15-13-11-9-7-5-2/h31-32H,2-27H2,1H3;18H,4-17H2,1-3H3. The van der Waals surface area contributed by atoms with Gasteiger partial charge < -0.3 is 24.6 Å². The maximum Gasteiger partial charge on any atom is 0.0951 e. The van der Waals surface area contributed by atoms with Gasteiger partial charge in [-0.3, -0.25) is 0 Å². The topological polar surface area (TPSA) is 62.2 Å². The van der Waals surface area contributed by atoms with E-state index < -0.39 is 0 Å². The third kappa shape index (κ3) is 37.7. The smallest absolute Gasteiger partial charge is 0.0951 e. The summed E-state index contributed by atoms with van der Waals surface area (Å²) in [6, 6.07) is 0. The van der Waals surface area contributed by atoms with Gasteiger partial charge in [-0.25, -0.2) is 0 Å². The van der Waals surface area contributed by atoms with Crippen LogP contribution in [0.3, 0.4) is 0 Å². The van der Waals surface area contributed by atoms with Gasteiger partial charge in [0.25, 0.3) is 0 Å². The molecule has 0 aliphatic heterocycles. The molecule has 0 amide bonds. The van der Waals surface area contributed by atoms with E-state index in [-0.39, 0.29) is 6.61 Å². The number of rotatable bonds is 41. The predicted molar refractivity (Wildman–Crippen MR) is 228 cm³/mol. The first-order chi connectivity index (χ1) is 25.7. The molecule has 1 rings (SSSR count). The zero-order chi connectivity index (χ0) is 38.0. The van der Waals surface area contributed by atoms with Crippen LogP contribution >= 0.6 is 0 Å². The van der Waals surface area contributed by atoms with E-state index in [9.17, 15) is 5.11 Å². The van der Waals surface area contributed by atoms with Crippen LogP contribution in [0.5, 0.6) is 0 Å². The van der Waals surface area contributed by atoms with Gasteiger partial charge in [0.1, 0.15) is 0 Å². The van der Waals surface area contributed by atoms with Crippen LogP contribution in [-0.4, -0.2) is 67.8 Å². The van der Waals surface area contributed by atoms with E-state index in [0.717, 1.165) is 45.5 Å². The first-order valence-corrected chi connectivity index (χ1v) is 23.5. The van der Waals surface area contributed by atoms with Gasteiger partial charge in [0.15, 0.2) is 0 Å². The summed E-state index contributed by atoms with van der Waals surface area (Å²) in [5.41, 5.74) is 1.58. The van der Waals surface area contributed by atoms with Crippen molar-refractivity contribution in [3.05, 3.63) is 11.3 Å². The van der Waals surface area contributed by atoms with Crippen molar-refractivity contribution >= 4 is 0 Å². The zero-order valence-corrected chi connectivity index (χ0v) is 36.0. The monoisotopic (exact) mass is 738 g/mol. The van der Waals surface area contributed by atoms with E-state index in [0.29, 0.717) is 12.7 Å². The van der Waals surface area contributed by atoms with Crippen molar-refractivity contribution in [2.75, 3.05) is 46.6 Å². The third-order valence-electron chi connectivity index (χ3n) is 10.9. The van der Waals surface area contributed by atoms with E-state index >= 15 is 0 Å². The number of hydrogen-bond acceptors (Lipinski definition) is 5. The van der Waals surface area contributed by atoms with E-state index in [1.807, 2.05) is 7.11 Å². The molecule has 0 heterocycles. The number of unbranched alkanes of at least 4 members (excludes halogenated alkanes) is 24. The molecule has 0 saturated heterocycles. The zero-order valence-electron chi connectivity index (χ0n) is 36.0. The fourth-order valence-corrected chi connectivity index (χ4v) is 7.24. The average molecular weight is 738 g/mol. The van der Waals surface area contributed by atoms with Crippen LogP contribution in [0.2, 0.25) is 0 Å². The number of aliphatic hydroxyl groups is 2. The quantitative estimate of drug-likeness (QED) is 0.0483. The maximum absolute atomic E-state index is 9.35. The van der Waals surface area contributed by atoms with Crippen LogP contribution in [0.15, 0.2) is 11.3 Å². The Morgan fingerprint density at radius 3 is 1.37 bits per heavy atom. The minimum atomic E-state index is 0.257. The van der Waals surface area contributed by atoms with Gasteiger partial charge in [0.05, 0.1) is 25.1 Å². The van der Waals surface area contributed by atoms with Crippen LogP contribution in [0.25, 0.3) is 0 Å². The minimum absolute atomic E-state index is 0.257. The molecule has 2 N–H and O–H groups in total. The molecule has 0 aromatic carbocycles. The summed E-state index contributed by atoms with van der Waals surface area (Å²) >= 11 is 0. The van der Waals surface area contributed by atoms with Crippen LogP contribution in [0, 0.1) is 0 Å². The van der Waals surface area contributed by atoms with Gasteiger partial charge in [-0.05, 0) is 76.5 Å². The molecule has 312 valence electrons. The Labute approximate surface area is 326 Å². The Hall–Kier alpha value is -0.620. The van der Waals surface area contributed by atoms with Gasteiger partial charge in [0.2, 0.25) is 0 Å². The Kier molecular flexibility index (Phi) is 42.6. The fourth-order valence-electron chi connectivity index (χ4n) is 7.24. The van der Waals surface area contributed by atoms with Crippen molar-refractivity contribution < 1.29 is 19.7 Å². The molecular weight excluding hydrogens is 643 g/mol. The lowest BCUT2D eigenvalue weighted by molar-refractivity contribution is 0.0831. The molecule has 1 saturated carbocycles. The Morgan fingerprint density at radius 1 is 0.500 bits per heavy atom. The normalized spacial score (nSPS) is 12.5. The number of ether oxygens (including phenoxy) is 2. The lowest BCUT2D eigenvalue weighted by Gasteiger charge is -2.21. The molecule has 0 aromatic rings. The average Bonchev–Trinajstić information content (AvgIpc) is 4.01. The summed E-state index contributed by atoms with van der Waals surface area (Å²) in [4.78, 5) is 2.42. The number of methoxy groups -OCH3 is 1. The van der Waals surface area contributed by atoms with Crippen molar-refractivity contribution in [3.63, 3.8) is 0 Å². The van der Waals surface area contributed by atoms with E-state index in [4.69, 9.17) is 14.6 Å². The highest BCUT2D eigenvalue weighted by Crippen LogP contribution is 2.34. The van der Waals surface area contributed by atoms with Crippen molar-refractivity contribution in [1.29, 1.82) is 0 Å². The second-order valence-electron chi connectivity index (χ2n) is 16.0. The first-order valence-electron chi connectivity index (χ1n) is 23.5. The summed E-state index contributed by atoms with van der Waals surface area (Å²) in [5.74, 6) is 1.32. The summed E-state index contributed by atoms with van der Waals surface area (Å²) < 4.78 is 11.8. The molecule has 5 nitrogen and oxygen atoms in total. The number of nitrogens with zero attached hydrogens (tertiary/aromatic N) is 1. The van der Waals surface area contributed by atoms with E-state index in [1.54, 1.807) is 5.57 Å². The Balaban J connectivity index is 0.00000116. The van der Waals surface area contributed by atoms with Crippen molar-refractivity contribution in [2.45, 2.75) is 245 Å². The Bertz CT molecular complexity index is 692. The van der Waals surface area contributed by atoms with E-state index in [2.05, 4.69) is 25.7 Å². The first kappa shape index (κ1) is 51.4. The molecule has 1 fully saturated rings. The molecule has 0 spiro atoms. The highest BCUT2D eigenvalue weighted by molar-refractivity contribution is 5.21. The molecule has 5 heteroatoms.